The van der Waals surface area contributed by atoms with Gasteiger partial charge in [-0.3, -0.25) is 0 Å². The van der Waals surface area contributed by atoms with Gasteiger partial charge in [0.05, 0.1) is 12.1 Å². The number of amides is 1. The normalized spacial score (nSPS) is 16.4. The molecule has 0 unspecified atom stereocenters. The fourth-order valence-corrected chi connectivity index (χ4v) is 3.77. The third kappa shape index (κ3) is 7.01. The molecule has 2 aromatic rings. The molecule has 3 N–H and O–H groups in total. The van der Waals surface area contributed by atoms with Gasteiger partial charge in [-0.25, -0.2) is 13.6 Å². The van der Waals surface area contributed by atoms with E-state index in [-0.39, 0.29) is 18.5 Å². The number of terminal acetylenes is 1. The third-order valence-corrected chi connectivity index (χ3v) is 5.53. The Morgan fingerprint density at radius 2 is 1.88 bits per heavy atom. The maximum atomic E-state index is 13.7. The van der Waals surface area contributed by atoms with Crippen LogP contribution in [0.1, 0.15) is 50.3 Å². The predicted molar refractivity (Wildman–Crippen MR) is 123 cm³/mol. The maximum absolute atomic E-state index is 13.7. The Morgan fingerprint density at radius 1 is 1.21 bits per heavy atom. The summed E-state index contributed by atoms with van der Waals surface area (Å²) in [4.78, 5) is 12.4. The first-order valence-corrected chi connectivity index (χ1v) is 10.9. The second-order valence-corrected chi connectivity index (χ2v) is 9.49. The van der Waals surface area contributed by atoms with E-state index in [2.05, 4.69) is 16.6 Å². The summed E-state index contributed by atoms with van der Waals surface area (Å²) in [6.45, 7) is 5.33. The summed E-state index contributed by atoms with van der Waals surface area (Å²) in [7, 11) is 0. The molecule has 176 valence electrons. The number of carbonyl (C=O) groups is 1. The van der Waals surface area contributed by atoms with Gasteiger partial charge < -0.3 is 20.5 Å². The van der Waals surface area contributed by atoms with Crippen molar-refractivity contribution in [2.75, 3.05) is 6.54 Å². The van der Waals surface area contributed by atoms with Crippen LogP contribution in [0.15, 0.2) is 42.5 Å². The lowest BCUT2D eigenvalue weighted by Gasteiger charge is -2.28. The van der Waals surface area contributed by atoms with Crippen molar-refractivity contribution in [3.63, 3.8) is 0 Å². The molecule has 1 aliphatic rings. The second-order valence-electron chi connectivity index (χ2n) is 9.49. The topological polar surface area (TPSA) is 70.6 Å². The van der Waals surface area contributed by atoms with E-state index >= 15 is 0 Å². The Morgan fingerprint density at radius 3 is 2.45 bits per heavy atom. The highest BCUT2D eigenvalue weighted by Crippen LogP contribution is 2.45. The van der Waals surface area contributed by atoms with Gasteiger partial charge in [0.1, 0.15) is 17.2 Å². The molecular formula is C26H30F2N2O3. The minimum absolute atomic E-state index is 0.0242. The first kappa shape index (κ1) is 24.7. The molecule has 33 heavy (non-hydrogen) atoms. The molecule has 3 rings (SSSR count). The molecule has 0 spiro atoms. The molecular weight excluding hydrogens is 426 g/mol. The van der Waals surface area contributed by atoms with Gasteiger partial charge in [-0.05, 0) is 75.4 Å². The number of aliphatic hydroxyl groups is 1. The Kier molecular flexibility index (Phi) is 7.41. The van der Waals surface area contributed by atoms with E-state index in [1.54, 1.807) is 20.8 Å². The van der Waals surface area contributed by atoms with E-state index in [0.29, 0.717) is 5.56 Å². The van der Waals surface area contributed by atoms with E-state index < -0.39 is 35.5 Å². The largest absolute Gasteiger partial charge is 0.444 e. The minimum Gasteiger partial charge on any atom is -0.444 e. The molecule has 7 heteroatoms. The Labute approximate surface area is 193 Å². The standard InChI is InChI=1S/C26H30F2N2O3/c1-5-17-7-6-8-19(11-17)26(9-10-26)29-16-23(31)22(30-24(32)33-25(2,3)4)14-18-12-20(27)15-21(28)13-18/h1,6-8,11-13,15,22-23,29,31H,9-10,14,16H2,2-4H3,(H,30,32)/t22-,23+/m0/s1. The number of hydrogen-bond donors (Lipinski definition) is 3. The Hall–Kier alpha value is -2.95. The number of ether oxygens (including phenoxy) is 1. The molecule has 2 aromatic carbocycles. The second kappa shape index (κ2) is 9.90. The maximum Gasteiger partial charge on any atom is 0.407 e. The SMILES string of the molecule is C#Cc1cccc(C2(NC[C@@H](O)[C@H](Cc3cc(F)cc(F)c3)NC(=O)OC(C)(C)C)CC2)c1. The summed E-state index contributed by atoms with van der Waals surface area (Å²) in [5.74, 6) is 1.18. The summed E-state index contributed by atoms with van der Waals surface area (Å²) in [6.07, 6.45) is 5.54. The summed E-state index contributed by atoms with van der Waals surface area (Å²) in [5.41, 5.74) is 1.10. The molecule has 0 aromatic heterocycles. The first-order valence-electron chi connectivity index (χ1n) is 10.9. The van der Waals surface area contributed by atoms with Crippen molar-refractivity contribution in [1.29, 1.82) is 0 Å². The highest BCUT2D eigenvalue weighted by Gasteiger charge is 2.44. The average Bonchev–Trinajstić information content (AvgIpc) is 3.51. The van der Waals surface area contributed by atoms with Crippen LogP contribution in [-0.4, -0.2) is 35.5 Å². The highest BCUT2D eigenvalue weighted by molar-refractivity contribution is 5.68. The highest BCUT2D eigenvalue weighted by atomic mass is 19.1. The third-order valence-electron chi connectivity index (χ3n) is 5.53. The first-order chi connectivity index (χ1) is 15.5. The molecule has 1 amide bonds. The molecule has 0 saturated heterocycles. The van der Waals surface area contributed by atoms with Gasteiger partial charge in [-0.1, -0.05) is 18.1 Å². The van der Waals surface area contributed by atoms with Crippen LogP contribution in [0, 0.1) is 24.0 Å². The van der Waals surface area contributed by atoms with Gasteiger partial charge in [-0.2, -0.15) is 0 Å². The molecule has 1 fully saturated rings. The molecule has 0 bridgehead atoms. The van der Waals surface area contributed by atoms with E-state index in [9.17, 15) is 18.7 Å². The zero-order valence-electron chi connectivity index (χ0n) is 19.1. The fourth-order valence-electron chi connectivity index (χ4n) is 3.77. The lowest BCUT2D eigenvalue weighted by Crippen LogP contribution is -2.51. The van der Waals surface area contributed by atoms with Crippen LogP contribution in [0.4, 0.5) is 13.6 Å². The number of hydrogen-bond acceptors (Lipinski definition) is 4. The molecule has 1 aliphatic carbocycles. The molecule has 0 heterocycles. The van der Waals surface area contributed by atoms with Gasteiger partial charge in [-0.15, -0.1) is 6.42 Å². The number of alkyl carbamates (subject to hydrolysis) is 1. The molecule has 0 aliphatic heterocycles. The fraction of sp³-hybridized carbons (Fsp3) is 0.423. The number of aliphatic hydroxyl groups excluding tert-OH is 1. The summed E-state index contributed by atoms with van der Waals surface area (Å²) in [5, 5.41) is 17.0. The van der Waals surface area contributed by atoms with Crippen molar-refractivity contribution < 1.29 is 23.4 Å². The van der Waals surface area contributed by atoms with Crippen LogP contribution >= 0.6 is 0 Å². The van der Waals surface area contributed by atoms with E-state index in [0.717, 1.165) is 30.0 Å². The van der Waals surface area contributed by atoms with Crippen molar-refractivity contribution >= 4 is 6.09 Å². The Balaban J connectivity index is 1.73. The number of halogens is 2. The van der Waals surface area contributed by atoms with Gasteiger partial charge in [0.25, 0.3) is 0 Å². The number of carbonyl (C=O) groups excluding carboxylic acids is 1. The van der Waals surface area contributed by atoms with Crippen LogP contribution in [0.25, 0.3) is 0 Å². The van der Waals surface area contributed by atoms with Crippen molar-refractivity contribution in [3.05, 3.63) is 70.8 Å². The van der Waals surface area contributed by atoms with Gasteiger partial charge in [0.15, 0.2) is 0 Å². The van der Waals surface area contributed by atoms with Crippen molar-refractivity contribution in [2.45, 2.75) is 63.3 Å². The lowest BCUT2D eigenvalue weighted by molar-refractivity contribution is 0.0419. The monoisotopic (exact) mass is 456 g/mol. The van der Waals surface area contributed by atoms with Crippen LogP contribution in [0.2, 0.25) is 0 Å². The van der Waals surface area contributed by atoms with E-state index in [1.807, 2.05) is 24.3 Å². The number of nitrogens with one attached hydrogen (secondary N) is 2. The van der Waals surface area contributed by atoms with Gasteiger partial charge >= 0.3 is 6.09 Å². The van der Waals surface area contributed by atoms with Crippen molar-refractivity contribution in [1.82, 2.24) is 10.6 Å². The van der Waals surface area contributed by atoms with Gasteiger partial charge in [0.2, 0.25) is 0 Å². The number of benzene rings is 2. The lowest BCUT2D eigenvalue weighted by atomic mass is 9.99. The van der Waals surface area contributed by atoms with Crippen LogP contribution in [0.3, 0.4) is 0 Å². The molecule has 1 saturated carbocycles. The van der Waals surface area contributed by atoms with Crippen LogP contribution in [-0.2, 0) is 16.7 Å². The molecule has 5 nitrogen and oxygen atoms in total. The summed E-state index contributed by atoms with van der Waals surface area (Å²) < 4.78 is 32.7. The molecule has 2 atom stereocenters. The zero-order valence-corrected chi connectivity index (χ0v) is 19.1. The predicted octanol–water partition coefficient (Wildman–Crippen LogP) is 4.02. The quantitative estimate of drug-likeness (QED) is 0.525. The molecule has 0 radical (unpaired) electrons. The Bertz CT molecular complexity index is 1020. The zero-order chi connectivity index (χ0) is 24.2. The minimum atomic E-state index is -1.04. The van der Waals surface area contributed by atoms with E-state index in [4.69, 9.17) is 11.2 Å². The smallest absolute Gasteiger partial charge is 0.407 e. The van der Waals surface area contributed by atoms with Gasteiger partial charge in [0, 0.05) is 23.7 Å². The van der Waals surface area contributed by atoms with Crippen LogP contribution in [0.5, 0.6) is 0 Å². The average molecular weight is 457 g/mol. The van der Waals surface area contributed by atoms with E-state index in [1.165, 1.54) is 12.1 Å². The van der Waals surface area contributed by atoms with Crippen molar-refractivity contribution in [2.24, 2.45) is 0 Å². The summed E-state index contributed by atoms with van der Waals surface area (Å²) >= 11 is 0. The van der Waals surface area contributed by atoms with Crippen LogP contribution < -0.4 is 10.6 Å². The summed E-state index contributed by atoms with van der Waals surface area (Å²) in [6, 6.07) is 9.99. The number of rotatable bonds is 8. The van der Waals surface area contributed by atoms with Crippen molar-refractivity contribution in [3.8, 4) is 12.3 Å².